The molecule has 0 radical (unpaired) electrons. The van der Waals surface area contributed by atoms with E-state index in [9.17, 15) is 13.6 Å². The van der Waals surface area contributed by atoms with Crippen LogP contribution < -0.4 is 4.74 Å². The van der Waals surface area contributed by atoms with Crippen molar-refractivity contribution in [1.82, 2.24) is 0 Å². The van der Waals surface area contributed by atoms with Crippen molar-refractivity contribution in [3.8, 4) is 5.75 Å². The summed E-state index contributed by atoms with van der Waals surface area (Å²) in [7, 11) is 0. The van der Waals surface area contributed by atoms with Crippen molar-refractivity contribution in [1.29, 1.82) is 0 Å². The molecule has 1 aromatic carbocycles. The molecule has 68 valence electrons. The Bertz CT molecular complexity index is 387. The number of hydrogen-bond acceptors (Lipinski definition) is 2. The first-order chi connectivity index (χ1) is 6.11. The van der Waals surface area contributed by atoms with Crippen LogP contribution in [0.3, 0.4) is 0 Å². The van der Waals surface area contributed by atoms with Gasteiger partial charge in [0.25, 0.3) is 0 Å². The van der Waals surface area contributed by atoms with Crippen LogP contribution in [-0.4, -0.2) is 11.9 Å². The smallest absolute Gasteiger partial charge is 0.206 e. The Kier molecular flexibility index (Phi) is 1.58. The minimum absolute atomic E-state index is 0.117. The van der Waals surface area contributed by atoms with Crippen LogP contribution in [0.25, 0.3) is 0 Å². The second-order valence-electron chi connectivity index (χ2n) is 2.86. The Morgan fingerprint density at radius 2 is 2.08 bits per heavy atom. The summed E-state index contributed by atoms with van der Waals surface area (Å²) in [6.45, 7) is 1.50. The summed E-state index contributed by atoms with van der Waals surface area (Å²) in [5.41, 5.74) is 0.117. The maximum Gasteiger partial charge on any atom is 0.206 e. The molecular weight excluding hydrogens is 178 g/mol. The van der Waals surface area contributed by atoms with E-state index in [1.54, 1.807) is 0 Å². The van der Waals surface area contributed by atoms with Gasteiger partial charge in [-0.1, -0.05) is 0 Å². The van der Waals surface area contributed by atoms with E-state index in [1.807, 2.05) is 0 Å². The molecule has 1 heterocycles. The maximum atomic E-state index is 13.0. The van der Waals surface area contributed by atoms with E-state index in [4.69, 9.17) is 4.74 Å². The molecule has 0 fully saturated rings. The fourth-order valence-electron chi connectivity index (χ4n) is 1.29. The number of ketones is 1. The number of rotatable bonds is 0. The number of halogens is 2. The third kappa shape index (κ3) is 1.02. The standard InChI is InChI=1S/C9H6F2O2/c1-4-8(12)5-2-3-6(10)7(11)9(5)13-4/h2-4H,1H3. The predicted octanol–water partition coefficient (Wildman–Crippen LogP) is 1.93. The second kappa shape index (κ2) is 2.52. The van der Waals surface area contributed by atoms with E-state index in [2.05, 4.69) is 0 Å². The van der Waals surface area contributed by atoms with E-state index in [0.717, 1.165) is 6.07 Å². The zero-order valence-corrected chi connectivity index (χ0v) is 6.80. The highest BCUT2D eigenvalue weighted by Crippen LogP contribution is 2.32. The van der Waals surface area contributed by atoms with Crippen molar-refractivity contribution in [3.63, 3.8) is 0 Å². The van der Waals surface area contributed by atoms with Crippen LogP contribution in [0.5, 0.6) is 5.75 Å². The van der Waals surface area contributed by atoms with Gasteiger partial charge in [-0.15, -0.1) is 0 Å². The minimum atomic E-state index is -1.09. The van der Waals surface area contributed by atoms with E-state index in [-0.39, 0.29) is 17.1 Å². The van der Waals surface area contributed by atoms with Crippen LogP contribution in [0.15, 0.2) is 12.1 Å². The summed E-state index contributed by atoms with van der Waals surface area (Å²) in [4.78, 5) is 11.2. The number of ether oxygens (including phenoxy) is 1. The molecule has 1 aromatic rings. The number of carbonyl (C=O) groups is 1. The Hall–Kier alpha value is -1.45. The lowest BCUT2D eigenvalue weighted by atomic mass is 10.1. The van der Waals surface area contributed by atoms with Crippen molar-refractivity contribution in [3.05, 3.63) is 29.3 Å². The van der Waals surface area contributed by atoms with Gasteiger partial charge in [-0.2, -0.15) is 4.39 Å². The number of hydrogen-bond donors (Lipinski definition) is 0. The lowest BCUT2D eigenvalue weighted by Gasteiger charge is -2.01. The first-order valence-corrected chi connectivity index (χ1v) is 3.80. The molecule has 4 heteroatoms. The van der Waals surface area contributed by atoms with Gasteiger partial charge >= 0.3 is 0 Å². The van der Waals surface area contributed by atoms with E-state index in [1.165, 1.54) is 13.0 Å². The van der Waals surface area contributed by atoms with Gasteiger partial charge in [-0.05, 0) is 19.1 Å². The van der Waals surface area contributed by atoms with Gasteiger partial charge in [0.2, 0.25) is 11.6 Å². The highest BCUT2D eigenvalue weighted by Gasteiger charge is 2.32. The molecule has 2 rings (SSSR count). The summed E-state index contributed by atoms with van der Waals surface area (Å²) in [5, 5.41) is 0. The zero-order valence-electron chi connectivity index (χ0n) is 6.80. The predicted molar refractivity (Wildman–Crippen MR) is 40.8 cm³/mol. The first kappa shape index (κ1) is 8.16. The maximum absolute atomic E-state index is 13.0. The summed E-state index contributed by atoms with van der Waals surface area (Å²) >= 11 is 0. The van der Waals surface area contributed by atoms with Gasteiger partial charge in [-0.3, -0.25) is 4.79 Å². The fraction of sp³-hybridized carbons (Fsp3) is 0.222. The number of fused-ring (bicyclic) bond motifs is 1. The number of benzene rings is 1. The topological polar surface area (TPSA) is 26.3 Å². The summed E-state index contributed by atoms with van der Waals surface area (Å²) < 4.78 is 30.5. The molecule has 0 spiro atoms. The molecule has 1 aliphatic rings. The van der Waals surface area contributed by atoms with Gasteiger partial charge in [-0.25, -0.2) is 4.39 Å². The van der Waals surface area contributed by atoms with Crippen molar-refractivity contribution in [2.24, 2.45) is 0 Å². The lowest BCUT2D eigenvalue weighted by Crippen LogP contribution is -2.14. The fourth-order valence-corrected chi connectivity index (χ4v) is 1.29. The van der Waals surface area contributed by atoms with E-state index >= 15 is 0 Å². The van der Waals surface area contributed by atoms with Gasteiger partial charge in [0.05, 0.1) is 5.56 Å². The Balaban J connectivity index is 2.64. The van der Waals surface area contributed by atoms with Crippen LogP contribution in [0.1, 0.15) is 17.3 Å². The van der Waals surface area contributed by atoms with Crippen molar-refractivity contribution >= 4 is 5.78 Å². The molecule has 0 aliphatic carbocycles. The van der Waals surface area contributed by atoms with Crippen molar-refractivity contribution in [2.45, 2.75) is 13.0 Å². The Morgan fingerprint density at radius 3 is 2.77 bits per heavy atom. The molecule has 1 unspecified atom stereocenters. The SMILES string of the molecule is CC1Oc2c(ccc(F)c2F)C1=O. The van der Waals surface area contributed by atoms with Crippen LogP contribution in [0.2, 0.25) is 0 Å². The largest absolute Gasteiger partial charge is 0.479 e. The van der Waals surface area contributed by atoms with Crippen molar-refractivity contribution in [2.75, 3.05) is 0 Å². The molecule has 1 atom stereocenters. The first-order valence-electron chi connectivity index (χ1n) is 3.80. The molecule has 0 saturated heterocycles. The summed E-state index contributed by atoms with van der Waals surface area (Å²) in [5.74, 6) is -2.66. The molecule has 0 N–H and O–H groups in total. The highest BCUT2D eigenvalue weighted by atomic mass is 19.2. The molecule has 13 heavy (non-hydrogen) atoms. The third-order valence-corrected chi connectivity index (χ3v) is 1.98. The zero-order chi connectivity index (χ0) is 9.59. The number of Topliss-reactive ketones (excluding diaryl/α,β-unsaturated/α-hetero) is 1. The van der Waals surface area contributed by atoms with Crippen LogP contribution in [-0.2, 0) is 0 Å². The third-order valence-electron chi connectivity index (χ3n) is 1.98. The summed E-state index contributed by atoms with van der Waals surface area (Å²) in [6.07, 6.45) is -0.716. The second-order valence-corrected chi connectivity index (χ2v) is 2.86. The quantitative estimate of drug-likeness (QED) is 0.615. The molecule has 0 amide bonds. The van der Waals surface area contributed by atoms with Crippen LogP contribution >= 0.6 is 0 Å². The van der Waals surface area contributed by atoms with Crippen LogP contribution in [0, 0.1) is 11.6 Å². The van der Waals surface area contributed by atoms with Gasteiger partial charge in [0.15, 0.2) is 17.7 Å². The molecule has 1 aliphatic heterocycles. The lowest BCUT2D eigenvalue weighted by molar-refractivity contribution is 0.0876. The minimum Gasteiger partial charge on any atom is -0.479 e. The number of carbonyl (C=O) groups excluding carboxylic acids is 1. The Morgan fingerprint density at radius 1 is 1.38 bits per heavy atom. The summed E-state index contributed by atoms with van der Waals surface area (Å²) in [6, 6.07) is 2.16. The van der Waals surface area contributed by atoms with E-state index < -0.39 is 17.7 Å². The average molecular weight is 184 g/mol. The van der Waals surface area contributed by atoms with E-state index in [0.29, 0.717) is 0 Å². The molecule has 0 aromatic heterocycles. The Labute approximate surface area is 73.1 Å². The van der Waals surface area contributed by atoms with Crippen LogP contribution in [0.4, 0.5) is 8.78 Å². The molecule has 0 bridgehead atoms. The molecular formula is C9H6F2O2. The average Bonchev–Trinajstić information content (AvgIpc) is 2.38. The normalized spacial score (nSPS) is 19.9. The van der Waals surface area contributed by atoms with Gasteiger partial charge in [0.1, 0.15) is 0 Å². The molecule has 0 saturated carbocycles. The van der Waals surface area contributed by atoms with Gasteiger partial charge < -0.3 is 4.74 Å². The van der Waals surface area contributed by atoms with Gasteiger partial charge in [0, 0.05) is 0 Å². The highest BCUT2D eigenvalue weighted by molar-refractivity contribution is 6.04. The molecule has 2 nitrogen and oxygen atoms in total. The van der Waals surface area contributed by atoms with Crippen molar-refractivity contribution < 1.29 is 18.3 Å². The monoisotopic (exact) mass is 184 g/mol.